The minimum absolute atomic E-state index is 0.197. The van der Waals surface area contributed by atoms with E-state index in [0.29, 0.717) is 19.5 Å². The number of hydrogen-bond acceptors (Lipinski definition) is 3. The summed E-state index contributed by atoms with van der Waals surface area (Å²) < 4.78 is 18.1. The summed E-state index contributed by atoms with van der Waals surface area (Å²) >= 11 is 0. The Balaban J connectivity index is 1.72. The summed E-state index contributed by atoms with van der Waals surface area (Å²) in [6.45, 7) is 1.17. The highest BCUT2D eigenvalue weighted by atomic mass is 19.1. The number of carbonyl (C=O) groups excluding carboxylic acids is 1. The van der Waals surface area contributed by atoms with Crippen LogP contribution in [0.25, 0.3) is 0 Å². The molecule has 2 rings (SSSR count). The average molecular weight is 252 g/mol. The Morgan fingerprint density at radius 2 is 2.17 bits per heavy atom. The van der Waals surface area contributed by atoms with Crippen LogP contribution in [-0.4, -0.2) is 31.4 Å². The molecule has 0 bridgehead atoms. The molecule has 0 aromatic heterocycles. The Bertz CT molecular complexity index is 386. The Morgan fingerprint density at radius 3 is 2.89 bits per heavy atom. The third kappa shape index (κ3) is 4.00. The van der Waals surface area contributed by atoms with Crippen LogP contribution in [0.2, 0.25) is 0 Å². The number of nitrogens with one attached hydrogen (secondary N) is 2. The van der Waals surface area contributed by atoms with Gasteiger partial charge in [-0.3, -0.25) is 0 Å². The van der Waals surface area contributed by atoms with E-state index in [2.05, 4.69) is 10.6 Å². The fourth-order valence-corrected chi connectivity index (χ4v) is 1.93. The van der Waals surface area contributed by atoms with Crippen molar-refractivity contribution in [3.63, 3.8) is 0 Å². The second-order valence-corrected chi connectivity index (χ2v) is 4.39. The van der Waals surface area contributed by atoms with Crippen LogP contribution in [-0.2, 0) is 11.3 Å². The molecule has 1 aromatic rings. The van der Waals surface area contributed by atoms with E-state index >= 15 is 0 Å². The van der Waals surface area contributed by atoms with Crippen molar-refractivity contribution in [2.45, 2.75) is 25.2 Å². The lowest BCUT2D eigenvalue weighted by Gasteiger charge is -2.26. The first-order valence-corrected chi connectivity index (χ1v) is 6.06. The number of alkyl halides is 1. The number of rotatable bonds is 3. The van der Waals surface area contributed by atoms with Crippen molar-refractivity contribution in [1.29, 1.82) is 0 Å². The van der Waals surface area contributed by atoms with Gasteiger partial charge in [-0.2, -0.15) is 0 Å². The molecule has 1 saturated heterocycles. The van der Waals surface area contributed by atoms with Crippen LogP contribution in [0.5, 0.6) is 0 Å². The molecule has 0 saturated carbocycles. The lowest BCUT2D eigenvalue weighted by Crippen LogP contribution is -2.49. The molecule has 0 aliphatic carbocycles. The van der Waals surface area contributed by atoms with Gasteiger partial charge in [0.2, 0.25) is 0 Å². The molecule has 2 atom stereocenters. The third-order valence-corrected chi connectivity index (χ3v) is 2.83. The summed E-state index contributed by atoms with van der Waals surface area (Å²) in [5.74, 6) is 0. The largest absolute Gasteiger partial charge is 0.445 e. The van der Waals surface area contributed by atoms with Gasteiger partial charge in [0.05, 0.1) is 0 Å². The number of hydrogen-bond donors (Lipinski definition) is 2. The zero-order chi connectivity index (χ0) is 12.8. The number of benzene rings is 1. The minimum atomic E-state index is -0.904. The van der Waals surface area contributed by atoms with Gasteiger partial charge in [-0.05, 0) is 5.56 Å². The number of alkyl carbamates (subject to hydrolysis) is 1. The Labute approximate surface area is 106 Å². The molecular formula is C13H17FN2O2. The van der Waals surface area contributed by atoms with Gasteiger partial charge in [0.1, 0.15) is 12.8 Å². The summed E-state index contributed by atoms with van der Waals surface area (Å²) in [4.78, 5) is 11.5. The molecule has 18 heavy (non-hydrogen) atoms. The van der Waals surface area contributed by atoms with Crippen molar-refractivity contribution in [3.05, 3.63) is 35.9 Å². The van der Waals surface area contributed by atoms with Gasteiger partial charge >= 0.3 is 6.09 Å². The standard InChI is InChI=1S/C13H17FN2O2/c14-11-6-12(8-15-7-11)16-13(17)18-9-10-4-2-1-3-5-10/h1-5,11-12,15H,6-9H2,(H,16,17)/t11-,12-/m1/s1. The average Bonchev–Trinajstić information content (AvgIpc) is 2.38. The molecule has 2 N–H and O–H groups in total. The molecule has 0 radical (unpaired) electrons. The van der Waals surface area contributed by atoms with E-state index < -0.39 is 12.3 Å². The molecule has 1 aliphatic rings. The summed E-state index contributed by atoms with van der Waals surface area (Å²) in [5.41, 5.74) is 0.929. The molecule has 5 heteroatoms. The summed E-state index contributed by atoms with van der Waals surface area (Å²) in [7, 11) is 0. The van der Waals surface area contributed by atoms with Crippen LogP contribution < -0.4 is 10.6 Å². The summed E-state index contributed by atoms with van der Waals surface area (Å²) in [5, 5.41) is 5.57. The van der Waals surface area contributed by atoms with Gasteiger partial charge in [-0.25, -0.2) is 9.18 Å². The highest BCUT2D eigenvalue weighted by molar-refractivity contribution is 5.67. The number of carbonyl (C=O) groups is 1. The van der Waals surface area contributed by atoms with E-state index in [1.54, 1.807) is 0 Å². The summed E-state index contributed by atoms with van der Waals surface area (Å²) in [6, 6.07) is 9.24. The van der Waals surface area contributed by atoms with Crippen LogP contribution >= 0.6 is 0 Å². The number of piperidine rings is 1. The first-order chi connectivity index (χ1) is 8.74. The molecule has 0 unspecified atom stereocenters. The zero-order valence-corrected chi connectivity index (χ0v) is 10.1. The van der Waals surface area contributed by atoms with E-state index in [-0.39, 0.29) is 12.6 Å². The first kappa shape index (κ1) is 12.8. The maximum Gasteiger partial charge on any atom is 0.407 e. The maximum atomic E-state index is 13.1. The predicted molar refractivity (Wildman–Crippen MR) is 65.9 cm³/mol. The molecule has 4 nitrogen and oxygen atoms in total. The smallest absolute Gasteiger partial charge is 0.407 e. The van der Waals surface area contributed by atoms with Gasteiger partial charge in [0.15, 0.2) is 0 Å². The molecule has 1 aliphatic heterocycles. The van der Waals surface area contributed by atoms with Crippen molar-refractivity contribution in [2.75, 3.05) is 13.1 Å². The van der Waals surface area contributed by atoms with Crippen LogP contribution in [0.4, 0.5) is 9.18 Å². The van der Waals surface area contributed by atoms with Gasteiger partial charge < -0.3 is 15.4 Å². The SMILES string of the molecule is O=C(N[C@H]1CNC[C@H](F)C1)OCc1ccccc1. The molecule has 1 amide bonds. The normalized spacial score (nSPS) is 23.4. The first-order valence-electron chi connectivity index (χ1n) is 6.06. The van der Waals surface area contributed by atoms with Crippen LogP contribution in [0.3, 0.4) is 0 Å². The number of amides is 1. The highest BCUT2D eigenvalue weighted by Crippen LogP contribution is 2.07. The Morgan fingerprint density at radius 1 is 1.39 bits per heavy atom. The monoisotopic (exact) mass is 252 g/mol. The second kappa shape index (κ2) is 6.35. The molecule has 1 fully saturated rings. The lowest BCUT2D eigenvalue weighted by molar-refractivity contribution is 0.129. The van der Waals surface area contributed by atoms with E-state index in [1.165, 1.54) is 0 Å². The number of halogens is 1. The van der Waals surface area contributed by atoms with Gasteiger partial charge in [-0.15, -0.1) is 0 Å². The summed E-state index contributed by atoms with van der Waals surface area (Å²) in [6.07, 6.45) is -1.06. The van der Waals surface area contributed by atoms with Crippen molar-refractivity contribution in [2.24, 2.45) is 0 Å². The Hall–Kier alpha value is -1.62. The van der Waals surface area contributed by atoms with Crippen molar-refractivity contribution < 1.29 is 13.9 Å². The van der Waals surface area contributed by atoms with Gasteiger partial charge in [-0.1, -0.05) is 30.3 Å². The molecule has 0 spiro atoms. The van der Waals surface area contributed by atoms with Crippen LogP contribution in [0, 0.1) is 0 Å². The van der Waals surface area contributed by atoms with Gasteiger partial charge in [0.25, 0.3) is 0 Å². The fourth-order valence-electron chi connectivity index (χ4n) is 1.93. The number of ether oxygens (including phenoxy) is 1. The quantitative estimate of drug-likeness (QED) is 0.859. The Kier molecular flexibility index (Phi) is 4.52. The van der Waals surface area contributed by atoms with E-state index in [1.807, 2.05) is 30.3 Å². The van der Waals surface area contributed by atoms with Crippen molar-refractivity contribution >= 4 is 6.09 Å². The van der Waals surface area contributed by atoms with E-state index in [0.717, 1.165) is 5.56 Å². The third-order valence-electron chi connectivity index (χ3n) is 2.83. The molecule has 1 aromatic carbocycles. The zero-order valence-electron chi connectivity index (χ0n) is 10.1. The topological polar surface area (TPSA) is 50.4 Å². The molecule has 1 heterocycles. The second-order valence-electron chi connectivity index (χ2n) is 4.39. The predicted octanol–water partition coefficient (Wildman–Crippen LogP) is 1.61. The van der Waals surface area contributed by atoms with Crippen LogP contribution in [0.1, 0.15) is 12.0 Å². The minimum Gasteiger partial charge on any atom is -0.445 e. The molecular weight excluding hydrogens is 235 g/mol. The van der Waals surface area contributed by atoms with E-state index in [4.69, 9.17) is 4.74 Å². The molecule has 98 valence electrons. The van der Waals surface area contributed by atoms with E-state index in [9.17, 15) is 9.18 Å². The van der Waals surface area contributed by atoms with Crippen molar-refractivity contribution in [1.82, 2.24) is 10.6 Å². The lowest BCUT2D eigenvalue weighted by atomic mass is 10.1. The fraction of sp³-hybridized carbons (Fsp3) is 0.462. The maximum absolute atomic E-state index is 13.1. The van der Waals surface area contributed by atoms with Gasteiger partial charge in [0, 0.05) is 25.6 Å². The van der Waals surface area contributed by atoms with Crippen molar-refractivity contribution in [3.8, 4) is 0 Å². The van der Waals surface area contributed by atoms with Crippen LogP contribution in [0.15, 0.2) is 30.3 Å². The highest BCUT2D eigenvalue weighted by Gasteiger charge is 2.22.